The minimum absolute atomic E-state index is 0.0125. The summed E-state index contributed by atoms with van der Waals surface area (Å²) >= 11 is 0. The lowest BCUT2D eigenvalue weighted by atomic mass is 9.97. The molecule has 256 valence electrons. The highest BCUT2D eigenvalue weighted by Crippen LogP contribution is 2.42. The number of benzene rings is 2. The van der Waals surface area contributed by atoms with Crippen molar-refractivity contribution >= 4 is 16.9 Å². The minimum atomic E-state index is -1.94. The van der Waals surface area contributed by atoms with Gasteiger partial charge in [-0.2, -0.15) is 0 Å². The molecule has 0 unspecified atom stereocenters. The maximum absolute atomic E-state index is 13.0. The van der Waals surface area contributed by atoms with Crippen molar-refractivity contribution in [1.29, 1.82) is 0 Å². The number of carbonyl (C=O) groups is 1. The van der Waals surface area contributed by atoms with Gasteiger partial charge in [-0.3, -0.25) is 9.59 Å². The number of aliphatic hydroxyl groups is 6. The van der Waals surface area contributed by atoms with Crippen LogP contribution in [0.3, 0.4) is 0 Å². The van der Waals surface area contributed by atoms with Gasteiger partial charge in [0.1, 0.15) is 72.0 Å². The molecule has 0 amide bonds. The van der Waals surface area contributed by atoms with E-state index in [-0.39, 0.29) is 5.76 Å². The molecule has 47 heavy (non-hydrogen) atoms. The average Bonchev–Trinajstić information content (AvgIpc) is 3.05. The van der Waals surface area contributed by atoms with E-state index >= 15 is 0 Å². The maximum atomic E-state index is 13.0. The molecule has 3 aromatic rings. The zero-order valence-corrected chi connectivity index (χ0v) is 24.9. The van der Waals surface area contributed by atoms with Crippen LogP contribution in [0.1, 0.15) is 6.92 Å². The van der Waals surface area contributed by atoms with Crippen molar-refractivity contribution in [3.05, 3.63) is 46.6 Å². The maximum Gasteiger partial charge on any atom is 0.302 e. The number of fused-ring (bicyclic) bond motifs is 1. The van der Waals surface area contributed by atoms with E-state index in [1.54, 1.807) is 24.3 Å². The highest BCUT2D eigenvalue weighted by Gasteiger charge is 2.51. The van der Waals surface area contributed by atoms with Crippen molar-refractivity contribution < 1.29 is 78.5 Å². The van der Waals surface area contributed by atoms with Gasteiger partial charge in [-0.1, -0.05) is 0 Å². The highest BCUT2D eigenvalue weighted by atomic mass is 16.8. The molecular formula is C30H34O17. The van der Waals surface area contributed by atoms with Crippen molar-refractivity contribution in [3.63, 3.8) is 0 Å². The molecule has 8 N–H and O–H groups in total. The van der Waals surface area contributed by atoms with E-state index in [0.717, 1.165) is 19.1 Å². The van der Waals surface area contributed by atoms with Crippen LogP contribution in [0.4, 0.5) is 0 Å². The molecule has 0 aliphatic carbocycles. The fourth-order valence-electron chi connectivity index (χ4n) is 5.21. The van der Waals surface area contributed by atoms with E-state index in [9.17, 15) is 50.4 Å². The molecule has 0 radical (unpaired) electrons. The molecule has 5 rings (SSSR count). The molecule has 3 heterocycles. The fourth-order valence-corrected chi connectivity index (χ4v) is 5.21. The molecule has 0 spiro atoms. The summed E-state index contributed by atoms with van der Waals surface area (Å²) in [7, 11) is 1.47. The smallest absolute Gasteiger partial charge is 0.302 e. The van der Waals surface area contributed by atoms with Crippen LogP contribution >= 0.6 is 0 Å². The van der Waals surface area contributed by atoms with Crippen LogP contribution in [-0.2, 0) is 23.7 Å². The van der Waals surface area contributed by atoms with Gasteiger partial charge < -0.3 is 73.7 Å². The molecule has 2 aliphatic rings. The monoisotopic (exact) mass is 666 g/mol. The number of ether oxygens (including phenoxy) is 6. The molecule has 2 fully saturated rings. The summed E-state index contributed by atoms with van der Waals surface area (Å²) in [6.45, 7) is -0.277. The first kappa shape index (κ1) is 34.3. The number of hydrogen-bond acceptors (Lipinski definition) is 17. The van der Waals surface area contributed by atoms with E-state index in [2.05, 4.69) is 0 Å². The number of hydrogen-bond donors (Lipinski definition) is 8. The van der Waals surface area contributed by atoms with Gasteiger partial charge in [0.15, 0.2) is 29.2 Å². The van der Waals surface area contributed by atoms with Crippen LogP contribution < -0.4 is 14.9 Å². The van der Waals surface area contributed by atoms with Crippen LogP contribution in [0.15, 0.2) is 45.6 Å². The van der Waals surface area contributed by atoms with Crippen molar-refractivity contribution in [3.8, 4) is 34.3 Å². The molecule has 0 bridgehead atoms. The summed E-state index contributed by atoms with van der Waals surface area (Å²) in [5.74, 6) is -2.21. The highest BCUT2D eigenvalue weighted by molar-refractivity contribution is 5.91. The second kappa shape index (κ2) is 14.0. The predicted octanol–water partition coefficient (Wildman–Crippen LogP) is -1.55. The summed E-state index contributed by atoms with van der Waals surface area (Å²) in [5.41, 5.74) is -0.771. The van der Waals surface area contributed by atoms with Crippen LogP contribution in [0.25, 0.3) is 22.3 Å². The van der Waals surface area contributed by atoms with Crippen molar-refractivity contribution in [1.82, 2.24) is 0 Å². The van der Waals surface area contributed by atoms with E-state index in [4.69, 9.17) is 32.8 Å². The predicted molar refractivity (Wildman–Crippen MR) is 154 cm³/mol. The first-order chi connectivity index (χ1) is 22.3. The lowest BCUT2D eigenvalue weighted by Crippen LogP contribution is -2.65. The average molecular weight is 667 g/mol. The number of carbonyl (C=O) groups excluding carboxylic acids is 1. The number of aliphatic hydroxyl groups excluding tert-OH is 6. The summed E-state index contributed by atoms with van der Waals surface area (Å²) in [5, 5.41) is 84.0. The van der Waals surface area contributed by atoms with E-state index in [0.29, 0.717) is 11.3 Å². The van der Waals surface area contributed by atoms with Gasteiger partial charge in [0.25, 0.3) is 0 Å². The fraction of sp³-hybridized carbons (Fsp3) is 0.467. The van der Waals surface area contributed by atoms with Gasteiger partial charge in [-0.25, -0.2) is 0 Å². The standard InChI is InChI=1S/C30H34O17/c1-11(32)42-10-19-22(36)24(38)26(40)29(46-19)47-28-25(39)21(35)18(9-31)45-30(28)44-17-8-15(34)20-14(33)7-16(43-27(20)23(17)37)12-3-5-13(41-2)6-4-12/h3-8,18-19,21-22,24-26,28-31,34-40H,9-10H2,1-2H3/t18-,19+,21-,22-,24-,25+,26-,28+,29+,30-/m1/s1. The summed E-state index contributed by atoms with van der Waals surface area (Å²) in [6.07, 6.45) is -17.6. The molecule has 0 saturated carbocycles. The Bertz CT molecular complexity index is 1620. The largest absolute Gasteiger partial charge is 0.507 e. The third-order valence-electron chi connectivity index (χ3n) is 7.77. The summed E-state index contributed by atoms with van der Waals surface area (Å²) < 4.78 is 38.3. The van der Waals surface area contributed by atoms with Gasteiger partial charge in [-0.15, -0.1) is 0 Å². The van der Waals surface area contributed by atoms with Crippen LogP contribution in [0.5, 0.6) is 23.0 Å². The molecular weight excluding hydrogens is 632 g/mol. The number of phenols is 2. The number of rotatable bonds is 9. The Morgan fingerprint density at radius 2 is 1.53 bits per heavy atom. The van der Waals surface area contributed by atoms with Crippen molar-refractivity contribution in [2.75, 3.05) is 20.3 Å². The Morgan fingerprint density at radius 1 is 0.872 bits per heavy atom. The number of phenolic OH excluding ortho intramolecular Hbond substituents is 2. The molecule has 10 atom stereocenters. The third-order valence-corrected chi connectivity index (χ3v) is 7.77. The van der Waals surface area contributed by atoms with Crippen LogP contribution in [-0.4, -0.2) is 129 Å². The zero-order chi connectivity index (χ0) is 34.2. The van der Waals surface area contributed by atoms with Gasteiger partial charge in [0.05, 0.1) is 13.7 Å². The van der Waals surface area contributed by atoms with Gasteiger partial charge in [0.2, 0.25) is 12.0 Å². The van der Waals surface area contributed by atoms with E-state index < -0.39 is 114 Å². The van der Waals surface area contributed by atoms with Crippen molar-refractivity contribution in [2.24, 2.45) is 0 Å². The van der Waals surface area contributed by atoms with E-state index in [1.807, 2.05) is 0 Å². The molecule has 17 heteroatoms. The molecule has 2 aromatic carbocycles. The van der Waals surface area contributed by atoms with Crippen LogP contribution in [0, 0.1) is 0 Å². The topological polar surface area (TPSA) is 264 Å². The number of aromatic hydroxyl groups is 2. The normalized spacial score (nSPS) is 31.0. The van der Waals surface area contributed by atoms with Gasteiger partial charge >= 0.3 is 5.97 Å². The minimum Gasteiger partial charge on any atom is -0.507 e. The first-order valence-corrected chi connectivity index (χ1v) is 14.3. The molecule has 17 nitrogen and oxygen atoms in total. The Hall–Kier alpha value is -4.04. The Labute approximate surface area is 265 Å². The molecule has 2 aliphatic heterocycles. The summed E-state index contributed by atoms with van der Waals surface area (Å²) in [4.78, 5) is 24.2. The number of methoxy groups -OCH3 is 1. The number of esters is 1. The lowest BCUT2D eigenvalue weighted by molar-refractivity contribution is -0.358. The van der Waals surface area contributed by atoms with Gasteiger partial charge in [-0.05, 0) is 24.3 Å². The quantitative estimate of drug-likeness (QED) is 0.0949. The second-order valence-corrected chi connectivity index (χ2v) is 10.9. The molecule has 1 aromatic heterocycles. The van der Waals surface area contributed by atoms with E-state index in [1.165, 1.54) is 7.11 Å². The second-order valence-electron chi connectivity index (χ2n) is 10.9. The third kappa shape index (κ3) is 6.84. The first-order valence-electron chi connectivity index (χ1n) is 14.3. The van der Waals surface area contributed by atoms with Crippen molar-refractivity contribution in [2.45, 2.75) is 68.3 Å². The summed E-state index contributed by atoms with van der Waals surface area (Å²) in [6, 6.07) is 8.37. The Morgan fingerprint density at radius 3 is 2.17 bits per heavy atom. The lowest BCUT2D eigenvalue weighted by Gasteiger charge is -2.45. The zero-order valence-electron chi connectivity index (χ0n) is 24.9. The van der Waals surface area contributed by atoms with Crippen LogP contribution in [0.2, 0.25) is 0 Å². The Kier molecular flexibility index (Phi) is 10.2. The molecule has 2 saturated heterocycles. The Balaban J connectivity index is 1.48. The van der Waals surface area contributed by atoms with Gasteiger partial charge in [0, 0.05) is 24.6 Å². The SMILES string of the molecule is COc1ccc(-c2cc(=O)c3c(O)cc(O[C@@H]4O[C@H](CO)[C@@H](O)[C@H](O)[C@@H]4O[C@@H]4O[C@@H](COC(C)=O)[C@@H](O)[C@@H](O)[C@H]4O)c(O)c3o2)cc1.